The van der Waals surface area contributed by atoms with Gasteiger partial charge in [-0.3, -0.25) is 52.8 Å². The molecular formula is C40H30CuN28O6. The van der Waals surface area contributed by atoms with Gasteiger partial charge in [-0.25, -0.2) is 59.8 Å². The maximum Gasteiger partial charge on any atom is 2.00 e. The van der Waals surface area contributed by atoms with Crippen molar-refractivity contribution >= 4 is 68.8 Å². The van der Waals surface area contributed by atoms with Gasteiger partial charge in [-0.2, -0.15) is 10.5 Å². The molecule has 0 N–H and O–H groups in total. The summed E-state index contributed by atoms with van der Waals surface area (Å²) in [7, 11) is 0. The number of rotatable bonds is 0. The van der Waals surface area contributed by atoms with Crippen LogP contribution < -0.4 is 0 Å². The molecule has 0 bridgehead atoms. The standard InChI is InChI=1S/4C9H6N6.2C2H3N.Cu.2NO3/c4*1-3-13-7-5-10-6-15(7)9-12-2-4-14(9)8(13)11-1;2*1-2-3;;2*2-1(3)4/h4*1-6H;2*1H3;;;/q;;;;;;+2;2*-1. The molecule has 0 aromatic carbocycles. The molecule has 377 valence electrons. The molecule has 16 aromatic heterocycles. The van der Waals surface area contributed by atoms with Crippen molar-refractivity contribution in [3.8, 4) is 12.1 Å². The first-order valence-corrected chi connectivity index (χ1v) is 20.7. The fraction of sp³-hybridized carbons (Fsp3) is 0.0500. The van der Waals surface area contributed by atoms with Crippen LogP contribution in [0.25, 0.3) is 68.8 Å². The Morgan fingerprint density at radius 2 is 0.493 bits per heavy atom. The van der Waals surface area contributed by atoms with Crippen LogP contribution in [0, 0.1) is 53.3 Å². The van der Waals surface area contributed by atoms with Crippen LogP contribution in [-0.4, -0.2) is 123 Å². The number of hydrogen-bond donors (Lipinski definition) is 0. The maximum absolute atomic E-state index is 8.25. The first-order valence-electron chi connectivity index (χ1n) is 20.7. The molecule has 1 radical (unpaired) electrons. The molecule has 0 aliphatic heterocycles. The summed E-state index contributed by atoms with van der Waals surface area (Å²) in [6.07, 6.45) is 43.4. The normalized spacial score (nSPS) is 10.5. The Morgan fingerprint density at radius 1 is 0.347 bits per heavy atom. The van der Waals surface area contributed by atoms with Gasteiger partial charge in [-0.05, 0) is 0 Å². The third-order valence-electron chi connectivity index (χ3n) is 10.2. The zero-order valence-electron chi connectivity index (χ0n) is 38.1. The van der Waals surface area contributed by atoms with E-state index in [0.717, 1.165) is 68.8 Å². The van der Waals surface area contributed by atoms with E-state index < -0.39 is 10.2 Å². The van der Waals surface area contributed by atoms with Crippen molar-refractivity contribution in [1.82, 2.24) is 113 Å². The van der Waals surface area contributed by atoms with Gasteiger partial charge in [-0.1, -0.05) is 0 Å². The second kappa shape index (κ2) is 21.6. The monoisotopic (exact) mass is 1060 g/mol. The number of hydrogen-bond acceptors (Lipinski definition) is 20. The van der Waals surface area contributed by atoms with Gasteiger partial charge in [-0.15, -0.1) is 0 Å². The van der Waals surface area contributed by atoms with Crippen LogP contribution in [-0.2, 0) is 17.1 Å². The second-order valence-electron chi connectivity index (χ2n) is 14.2. The Kier molecular flexibility index (Phi) is 14.3. The van der Waals surface area contributed by atoms with Gasteiger partial charge in [0.05, 0.1) is 47.1 Å². The van der Waals surface area contributed by atoms with Gasteiger partial charge in [0.25, 0.3) is 0 Å². The smallest absolute Gasteiger partial charge is 0.356 e. The summed E-state index contributed by atoms with van der Waals surface area (Å²) in [6, 6.07) is 3.50. The molecule has 35 heteroatoms. The van der Waals surface area contributed by atoms with Gasteiger partial charge >= 0.3 is 17.1 Å². The van der Waals surface area contributed by atoms with Crippen molar-refractivity contribution in [2.24, 2.45) is 0 Å². The summed E-state index contributed by atoms with van der Waals surface area (Å²) < 4.78 is 23.3. The number of aromatic nitrogens is 24. The Balaban J connectivity index is 0.000000122. The topological polar surface area (TPSA) is 388 Å². The Bertz CT molecular complexity index is 3300. The zero-order valence-corrected chi connectivity index (χ0v) is 39.1. The van der Waals surface area contributed by atoms with Crippen LogP contribution in [0.5, 0.6) is 0 Å². The van der Waals surface area contributed by atoms with E-state index in [1.165, 1.54) is 13.8 Å². The molecule has 0 aliphatic rings. The number of fused-ring (bicyclic) bond motifs is 24. The van der Waals surface area contributed by atoms with E-state index in [4.69, 9.17) is 41.2 Å². The van der Waals surface area contributed by atoms with Crippen LogP contribution in [0.1, 0.15) is 13.8 Å². The number of imidazole rings is 12. The summed E-state index contributed by atoms with van der Waals surface area (Å²) >= 11 is 0. The molecule has 16 aromatic rings. The molecule has 0 saturated carbocycles. The summed E-state index contributed by atoms with van der Waals surface area (Å²) in [5.41, 5.74) is 3.84. The fourth-order valence-corrected chi connectivity index (χ4v) is 7.61. The van der Waals surface area contributed by atoms with Crippen LogP contribution in [0.4, 0.5) is 0 Å². The first kappa shape index (κ1) is 49.8. The first-order chi connectivity index (χ1) is 36.1. The van der Waals surface area contributed by atoms with Crippen LogP contribution >= 0.6 is 0 Å². The second-order valence-corrected chi connectivity index (χ2v) is 14.2. The summed E-state index contributed by atoms with van der Waals surface area (Å²) in [5, 5.41) is 44.1. The van der Waals surface area contributed by atoms with Crippen LogP contribution in [0.3, 0.4) is 0 Å². The van der Waals surface area contributed by atoms with E-state index in [-0.39, 0.29) is 17.1 Å². The SMILES string of the molecule is CC#N.CC#N.O=[N+]([O-])[O-].O=[N+]([O-])[O-].[Cu+2].c1cn2c3cncn3c3nccn3c2n1.c1cn2c3cncn3c3nccn3c2n1.c1cn2c3cncn3c3nccn3c2n1.c1cn2c3cncn3c3nccn3c2n1. The molecule has 16 rings (SSSR count). The fourth-order valence-electron chi connectivity index (χ4n) is 7.61. The van der Waals surface area contributed by atoms with Crippen molar-refractivity contribution in [2.75, 3.05) is 0 Å². The minimum Gasteiger partial charge on any atom is -0.356 e. The molecule has 0 amide bonds. The molecule has 0 spiro atoms. The molecule has 75 heavy (non-hydrogen) atoms. The minimum absolute atomic E-state index is 0. The van der Waals surface area contributed by atoms with Crippen LogP contribution in [0.15, 0.2) is 149 Å². The third-order valence-corrected chi connectivity index (χ3v) is 10.2. The Labute approximate surface area is 423 Å². The van der Waals surface area contributed by atoms with E-state index >= 15 is 0 Å². The molecule has 0 atom stereocenters. The summed E-state index contributed by atoms with van der Waals surface area (Å²) in [5.74, 6) is 6.65. The van der Waals surface area contributed by atoms with Crippen LogP contribution in [0.2, 0.25) is 0 Å². The third kappa shape index (κ3) is 9.31. The van der Waals surface area contributed by atoms with E-state index in [1.54, 1.807) is 112 Å². The van der Waals surface area contributed by atoms with E-state index in [0.29, 0.717) is 0 Å². The Hall–Kier alpha value is -11.6. The predicted octanol–water partition coefficient (Wildman–Crippen LogP) is 3.10. The Morgan fingerprint density at radius 3 is 0.667 bits per heavy atom. The van der Waals surface area contributed by atoms with E-state index in [9.17, 15) is 0 Å². The van der Waals surface area contributed by atoms with Crippen molar-refractivity contribution in [3.05, 3.63) is 180 Å². The largest absolute Gasteiger partial charge is 2.00 e. The van der Waals surface area contributed by atoms with Crippen molar-refractivity contribution < 1.29 is 27.2 Å². The number of nitrogens with zero attached hydrogens (tertiary/aromatic N) is 28. The van der Waals surface area contributed by atoms with Gasteiger partial charge in [0.15, 0.2) is 0 Å². The van der Waals surface area contributed by atoms with Crippen molar-refractivity contribution in [3.63, 3.8) is 0 Å². The average Bonchev–Trinajstić information content (AvgIpc) is 4.21. The molecule has 34 nitrogen and oxygen atoms in total. The molecule has 0 saturated heterocycles. The molecule has 0 aliphatic carbocycles. The van der Waals surface area contributed by atoms with Crippen molar-refractivity contribution in [1.29, 1.82) is 10.5 Å². The molecule has 0 fully saturated rings. The van der Waals surface area contributed by atoms with Gasteiger partial charge < -0.3 is 30.6 Å². The molecular weight excluding hydrogens is 1030 g/mol. The average molecular weight is 1060 g/mol. The zero-order chi connectivity index (χ0) is 51.9. The molecule has 0 unspecified atom stereocenters. The van der Waals surface area contributed by atoms with Gasteiger partial charge in [0.2, 0.25) is 46.2 Å². The van der Waals surface area contributed by atoms with Gasteiger partial charge in [0, 0.05) is 113 Å². The predicted molar refractivity (Wildman–Crippen MR) is 254 cm³/mol. The quantitative estimate of drug-likeness (QED) is 0.120. The van der Waals surface area contributed by atoms with Crippen molar-refractivity contribution in [2.45, 2.75) is 13.8 Å². The number of nitriles is 2. The van der Waals surface area contributed by atoms with Gasteiger partial charge in [0.1, 0.15) is 47.9 Å². The maximum atomic E-state index is 8.25. The minimum atomic E-state index is -1.75. The summed E-state index contributed by atoms with van der Waals surface area (Å²) in [4.78, 5) is 67.3. The summed E-state index contributed by atoms with van der Waals surface area (Å²) in [6.45, 7) is 2.86. The van der Waals surface area contributed by atoms with E-state index in [1.807, 2.05) is 102 Å². The molecule has 16 heterocycles. The van der Waals surface area contributed by atoms with E-state index in [2.05, 4.69) is 59.8 Å².